The summed E-state index contributed by atoms with van der Waals surface area (Å²) in [6, 6.07) is 4.79. The number of halogens is 1. The number of piperidine rings is 1. The second-order valence-electron chi connectivity index (χ2n) is 6.38. The first-order valence-corrected chi connectivity index (χ1v) is 10.5. The van der Waals surface area contributed by atoms with E-state index in [1.54, 1.807) is 7.11 Å². The first-order valence-electron chi connectivity index (χ1n) is 9.05. The van der Waals surface area contributed by atoms with Crippen molar-refractivity contribution in [3.8, 4) is 0 Å². The molecule has 1 N–H and O–H groups in total. The highest BCUT2D eigenvalue weighted by atomic mass is 32.2. The molecule has 1 saturated heterocycles. The van der Waals surface area contributed by atoms with Gasteiger partial charge in [-0.3, -0.25) is 4.79 Å². The van der Waals surface area contributed by atoms with E-state index in [0.717, 1.165) is 12.1 Å². The molecule has 0 spiro atoms. The second kappa shape index (κ2) is 10.7. The van der Waals surface area contributed by atoms with Crippen molar-refractivity contribution in [2.45, 2.75) is 24.2 Å². The summed E-state index contributed by atoms with van der Waals surface area (Å²) in [6.07, 6.45) is 1.65. The molecule has 1 aromatic carbocycles. The molecule has 0 aromatic heterocycles. The molecule has 9 heteroatoms. The van der Waals surface area contributed by atoms with E-state index >= 15 is 0 Å². The highest BCUT2D eigenvalue weighted by molar-refractivity contribution is 7.89. The molecule has 0 radical (unpaired) electrons. The van der Waals surface area contributed by atoms with Crippen LogP contribution in [-0.4, -0.2) is 65.2 Å². The minimum atomic E-state index is -3.65. The largest absolute Gasteiger partial charge is 0.382 e. The number of ether oxygens (including phenoxy) is 2. The zero-order valence-electron chi connectivity index (χ0n) is 15.5. The Labute approximate surface area is 159 Å². The Morgan fingerprint density at radius 3 is 2.48 bits per heavy atom. The van der Waals surface area contributed by atoms with Crippen molar-refractivity contribution in [1.29, 1.82) is 0 Å². The van der Waals surface area contributed by atoms with Gasteiger partial charge in [-0.1, -0.05) is 0 Å². The molecule has 0 bridgehead atoms. The standard InChI is InChI=1S/C18H27FN2O5S/c1-25-13-14-26-12-2-9-20-18(22)15-7-10-21(11-8-15)27(23,24)17-5-3-16(19)4-6-17/h3-6,15H,2,7-14H2,1H3,(H,20,22). The summed E-state index contributed by atoms with van der Waals surface area (Å²) < 4.78 is 49.7. The maximum Gasteiger partial charge on any atom is 0.243 e. The van der Waals surface area contributed by atoms with Crippen molar-refractivity contribution >= 4 is 15.9 Å². The van der Waals surface area contributed by atoms with Gasteiger partial charge in [-0.25, -0.2) is 12.8 Å². The Hall–Kier alpha value is -1.55. The van der Waals surface area contributed by atoms with Crippen LogP contribution in [-0.2, 0) is 24.3 Å². The third-order valence-electron chi connectivity index (χ3n) is 4.47. The Morgan fingerprint density at radius 1 is 1.19 bits per heavy atom. The van der Waals surface area contributed by atoms with Gasteiger partial charge in [0.25, 0.3) is 0 Å². The van der Waals surface area contributed by atoms with Crippen molar-refractivity contribution in [3.05, 3.63) is 30.1 Å². The average molecular weight is 402 g/mol. The van der Waals surface area contributed by atoms with Crippen LogP contribution in [0.5, 0.6) is 0 Å². The molecule has 1 fully saturated rings. The lowest BCUT2D eigenvalue weighted by Crippen LogP contribution is -2.43. The number of methoxy groups -OCH3 is 1. The molecule has 0 saturated carbocycles. The summed E-state index contributed by atoms with van der Waals surface area (Å²) in [7, 11) is -2.04. The van der Waals surface area contributed by atoms with Gasteiger partial charge in [-0.05, 0) is 43.5 Å². The summed E-state index contributed by atoms with van der Waals surface area (Å²) >= 11 is 0. The normalized spacial score (nSPS) is 16.4. The SMILES string of the molecule is COCCOCCCNC(=O)C1CCN(S(=O)(=O)c2ccc(F)cc2)CC1. The van der Waals surface area contributed by atoms with Crippen LogP contribution in [0.3, 0.4) is 0 Å². The number of sulfonamides is 1. The van der Waals surface area contributed by atoms with Crippen molar-refractivity contribution in [2.75, 3.05) is 46.6 Å². The molecule has 1 amide bonds. The molecular weight excluding hydrogens is 375 g/mol. The lowest BCUT2D eigenvalue weighted by atomic mass is 9.97. The van der Waals surface area contributed by atoms with E-state index in [1.807, 2.05) is 0 Å². The summed E-state index contributed by atoms with van der Waals surface area (Å²) in [6.45, 7) is 2.71. The molecule has 0 unspecified atom stereocenters. The molecule has 1 aliphatic rings. The average Bonchev–Trinajstić information content (AvgIpc) is 2.67. The number of carbonyl (C=O) groups excluding carboxylic acids is 1. The number of nitrogens with zero attached hydrogens (tertiary/aromatic N) is 1. The van der Waals surface area contributed by atoms with Crippen molar-refractivity contribution in [2.24, 2.45) is 5.92 Å². The number of nitrogens with one attached hydrogen (secondary N) is 1. The third-order valence-corrected chi connectivity index (χ3v) is 6.39. The van der Waals surface area contributed by atoms with Crippen LogP contribution in [0.1, 0.15) is 19.3 Å². The van der Waals surface area contributed by atoms with Crippen LogP contribution in [0.4, 0.5) is 4.39 Å². The Kier molecular flexibility index (Phi) is 8.62. The molecule has 2 rings (SSSR count). The van der Waals surface area contributed by atoms with E-state index in [2.05, 4.69) is 5.32 Å². The summed E-state index contributed by atoms with van der Waals surface area (Å²) in [5.41, 5.74) is 0. The van der Waals surface area contributed by atoms with Gasteiger partial charge in [0, 0.05) is 39.3 Å². The van der Waals surface area contributed by atoms with Crippen molar-refractivity contribution in [3.63, 3.8) is 0 Å². The minimum absolute atomic E-state index is 0.0503. The Bertz CT molecular complexity index is 688. The topological polar surface area (TPSA) is 84.9 Å². The van der Waals surface area contributed by atoms with Crippen molar-refractivity contribution in [1.82, 2.24) is 9.62 Å². The quantitative estimate of drug-likeness (QED) is 0.598. The van der Waals surface area contributed by atoms with Crippen LogP contribution in [0, 0.1) is 11.7 Å². The highest BCUT2D eigenvalue weighted by Crippen LogP contribution is 2.24. The van der Waals surface area contributed by atoms with Crippen molar-refractivity contribution < 1.29 is 27.1 Å². The number of benzene rings is 1. The molecule has 152 valence electrons. The van der Waals surface area contributed by atoms with Crippen LogP contribution >= 0.6 is 0 Å². The first kappa shape index (κ1) is 21.7. The third kappa shape index (κ3) is 6.53. The minimum Gasteiger partial charge on any atom is -0.382 e. The fourth-order valence-electron chi connectivity index (χ4n) is 2.89. The lowest BCUT2D eigenvalue weighted by molar-refractivity contribution is -0.126. The van der Waals surface area contributed by atoms with E-state index in [9.17, 15) is 17.6 Å². The lowest BCUT2D eigenvalue weighted by Gasteiger charge is -2.30. The van der Waals surface area contributed by atoms with E-state index in [1.165, 1.54) is 16.4 Å². The van der Waals surface area contributed by atoms with Crippen LogP contribution in [0.25, 0.3) is 0 Å². The zero-order valence-corrected chi connectivity index (χ0v) is 16.3. The summed E-state index contributed by atoms with van der Waals surface area (Å²) in [5.74, 6) is -0.724. The monoisotopic (exact) mass is 402 g/mol. The molecule has 0 atom stereocenters. The smallest absolute Gasteiger partial charge is 0.243 e. The van der Waals surface area contributed by atoms with Gasteiger partial charge in [0.15, 0.2) is 0 Å². The van der Waals surface area contributed by atoms with Gasteiger partial charge in [0.05, 0.1) is 18.1 Å². The van der Waals surface area contributed by atoms with E-state index in [0.29, 0.717) is 45.6 Å². The van der Waals surface area contributed by atoms with Gasteiger partial charge in [-0.15, -0.1) is 0 Å². The van der Waals surface area contributed by atoms with Crippen LogP contribution in [0.2, 0.25) is 0 Å². The highest BCUT2D eigenvalue weighted by Gasteiger charge is 2.31. The molecule has 1 heterocycles. The van der Waals surface area contributed by atoms with Gasteiger partial charge >= 0.3 is 0 Å². The van der Waals surface area contributed by atoms with Gasteiger partial charge in [0.2, 0.25) is 15.9 Å². The van der Waals surface area contributed by atoms with E-state index in [4.69, 9.17) is 9.47 Å². The van der Waals surface area contributed by atoms with E-state index < -0.39 is 15.8 Å². The van der Waals surface area contributed by atoms with Gasteiger partial charge in [0.1, 0.15) is 5.82 Å². The predicted molar refractivity (Wildman–Crippen MR) is 98.2 cm³/mol. The maximum absolute atomic E-state index is 13.0. The summed E-state index contributed by atoms with van der Waals surface area (Å²) in [5, 5.41) is 2.87. The molecule has 1 aromatic rings. The second-order valence-corrected chi connectivity index (χ2v) is 8.32. The number of carbonyl (C=O) groups is 1. The number of amides is 1. The number of rotatable bonds is 10. The molecule has 1 aliphatic heterocycles. The fourth-order valence-corrected chi connectivity index (χ4v) is 4.36. The fraction of sp³-hybridized carbons (Fsp3) is 0.611. The molecule has 27 heavy (non-hydrogen) atoms. The number of hydrogen-bond acceptors (Lipinski definition) is 5. The van der Waals surface area contributed by atoms with Crippen LogP contribution in [0.15, 0.2) is 29.2 Å². The molecule has 7 nitrogen and oxygen atoms in total. The predicted octanol–water partition coefficient (Wildman–Crippen LogP) is 1.40. The Morgan fingerprint density at radius 2 is 1.85 bits per heavy atom. The zero-order chi connectivity index (χ0) is 19.7. The number of hydrogen-bond donors (Lipinski definition) is 1. The first-order chi connectivity index (χ1) is 12.9. The molecular formula is C18H27FN2O5S. The van der Waals surface area contributed by atoms with Gasteiger partial charge < -0.3 is 14.8 Å². The van der Waals surface area contributed by atoms with Crippen LogP contribution < -0.4 is 5.32 Å². The molecule has 0 aliphatic carbocycles. The van der Waals surface area contributed by atoms with Gasteiger partial charge in [-0.2, -0.15) is 4.31 Å². The maximum atomic E-state index is 13.0. The summed E-state index contributed by atoms with van der Waals surface area (Å²) in [4.78, 5) is 12.3. The Balaban J connectivity index is 1.73. The van der Waals surface area contributed by atoms with E-state index in [-0.39, 0.29) is 29.8 Å².